The zero-order valence-corrected chi connectivity index (χ0v) is 12.4. The van der Waals surface area contributed by atoms with E-state index in [1.54, 1.807) is 12.1 Å². The van der Waals surface area contributed by atoms with Crippen LogP contribution in [0.15, 0.2) is 23.1 Å². The van der Waals surface area contributed by atoms with Gasteiger partial charge in [-0.25, -0.2) is 13.1 Å². The number of anilines is 1. The van der Waals surface area contributed by atoms with Crippen molar-refractivity contribution in [3.05, 3.63) is 23.8 Å². The molecule has 106 valence electrons. The predicted octanol–water partition coefficient (Wildman–Crippen LogP) is 2.65. The van der Waals surface area contributed by atoms with Gasteiger partial charge in [-0.1, -0.05) is 25.3 Å². The van der Waals surface area contributed by atoms with E-state index in [0.717, 1.165) is 11.3 Å². The molecule has 1 aliphatic carbocycles. The third-order valence-electron chi connectivity index (χ3n) is 3.75. The van der Waals surface area contributed by atoms with Crippen molar-refractivity contribution >= 4 is 15.7 Å². The summed E-state index contributed by atoms with van der Waals surface area (Å²) in [7, 11) is -1.93. The van der Waals surface area contributed by atoms with Gasteiger partial charge in [-0.3, -0.25) is 0 Å². The van der Waals surface area contributed by atoms with E-state index in [1.807, 2.05) is 13.0 Å². The summed E-state index contributed by atoms with van der Waals surface area (Å²) >= 11 is 0. The first kappa shape index (κ1) is 14.3. The van der Waals surface area contributed by atoms with Gasteiger partial charge in [-0.15, -0.1) is 0 Å². The molecule has 19 heavy (non-hydrogen) atoms. The molecule has 5 heteroatoms. The molecule has 0 bridgehead atoms. The maximum atomic E-state index is 11.8. The van der Waals surface area contributed by atoms with Crippen molar-refractivity contribution in [1.29, 1.82) is 0 Å². The van der Waals surface area contributed by atoms with E-state index in [4.69, 9.17) is 0 Å². The average Bonchev–Trinajstić information content (AvgIpc) is 2.42. The van der Waals surface area contributed by atoms with Crippen LogP contribution in [0.2, 0.25) is 0 Å². The van der Waals surface area contributed by atoms with Crippen molar-refractivity contribution in [3.63, 3.8) is 0 Å². The summed E-state index contributed by atoms with van der Waals surface area (Å²) in [5.74, 6) is 0. The number of rotatable bonds is 4. The first-order valence-corrected chi connectivity index (χ1v) is 8.32. The number of sulfonamides is 1. The summed E-state index contributed by atoms with van der Waals surface area (Å²) in [5.41, 5.74) is 2.02. The number of hydrogen-bond donors (Lipinski definition) is 2. The summed E-state index contributed by atoms with van der Waals surface area (Å²) in [6.45, 7) is 2.00. The maximum Gasteiger partial charge on any atom is 0.240 e. The van der Waals surface area contributed by atoms with E-state index in [1.165, 1.54) is 39.2 Å². The molecule has 1 aromatic rings. The Morgan fingerprint density at radius 2 is 1.84 bits per heavy atom. The van der Waals surface area contributed by atoms with Crippen molar-refractivity contribution in [2.24, 2.45) is 0 Å². The second kappa shape index (κ2) is 5.92. The van der Waals surface area contributed by atoms with Crippen molar-refractivity contribution in [3.8, 4) is 0 Å². The van der Waals surface area contributed by atoms with Crippen molar-refractivity contribution in [1.82, 2.24) is 4.72 Å². The monoisotopic (exact) mass is 282 g/mol. The van der Waals surface area contributed by atoms with E-state index < -0.39 is 10.0 Å². The molecule has 1 aromatic carbocycles. The van der Waals surface area contributed by atoms with Crippen LogP contribution in [0.25, 0.3) is 0 Å². The Hall–Kier alpha value is -1.07. The molecule has 4 nitrogen and oxygen atoms in total. The second-order valence-corrected chi connectivity index (χ2v) is 7.05. The second-order valence-electron chi connectivity index (χ2n) is 5.16. The summed E-state index contributed by atoms with van der Waals surface area (Å²) in [6.07, 6.45) is 6.16. The Balaban J connectivity index is 2.22. The van der Waals surface area contributed by atoms with E-state index in [9.17, 15) is 8.42 Å². The molecule has 1 fully saturated rings. The molecule has 1 aliphatic rings. The van der Waals surface area contributed by atoms with Gasteiger partial charge in [0.15, 0.2) is 0 Å². The van der Waals surface area contributed by atoms with Crippen molar-refractivity contribution < 1.29 is 8.42 Å². The Morgan fingerprint density at radius 1 is 1.16 bits per heavy atom. The lowest BCUT2D eigenvalue weighted by Crippen LogP contribution is -2.23. The van der Waals surface area contributed by atoms with Crippen LogP contribution >= 0.6 is 0 Å². The van der Waals surface area contributed by atoms with Crippen LogP contribution in [0, 0.1) is 6.92 Å². The molecule has 1 saturated carbocycles. The SMILES string of the molecule is CNS(=O)(=O)c1ccc(C)c(NC2CCCCC2)c1. The van der Waals surface area contributed by atoms with Gasteiger partial charge in [-0.2, -0.15) is 0 Å². The minimum atomic E-state index is -3.37. The molecule has 0 amide bonds. The van der Waals surface area contributed by atoms with Gasteiger partial charge in [0.05, 0.1) is 4.90 Å². The zero-order chi connectivity index (χ0) is 13.9. The van der Waals surface area contributed by atoms with Crippen LogP contribution in [-0.4, -0.2) is 21.5 Å². The molecule has 0 atom stereocenters. The Morgan fingerprint density at radius 3 is 2.47 bits per heavy atom. The molecule has 0 aromatic heterocycles. The van der Waals surface area contributed by atoms with E-state index in [2.05, 4.69) is 10.0 Å². The van der Waals surface area contributed by atoms with E-state index >= 15 is 0 Å². The van der Waals surface area contributed by atoms with E-state index in [0.29, 0.717) is 10.9 Å². The van der Waals surface area contributed by atoms with Gasteiger partial charge in [0.2, 0.25) is 10.0 Å². The molecule has 0 spiro atoms. The number of aryl methyl sites for hydroxylation is 1. The van der Waals surface area contributed by atoms with Gasteiger partial charge in [0, 0.05) is 11.7 Å². The smallest absolute Gasteiger partial charge is 0.240 e. The lowest BCUT2D eigenvalue weighted by atomic mass is 9.95. The van der Waals surface area contributed by atoms with Gasteiger partial charge < -0.3 is 5.32 Å². The number of benzene rings is 1. The summed E-state index contributed by atoms with van der Waals surface area (Å²) in [5, 5.41) is 3.49. The highest BCUT2D eigenvalue weighted by molar-refractivity contribution is 7.89. The van der Waals surface area contributed by atoms with Gasteiger partial charge in [0.25, 0.3) is 0 Å². The van der Waals surface area contributed by atoms with Crippen LogP contribution in [0.5, 0.6) is 0 Å². The third-order valence-corrected chi connectivity index (χ3v) is 5.16. The summed E-state index contributed by atoms with van der Waals surface area (Å²) in [6, 6.07) is 5.71. The molecular weight excluding hydrogens is 260 g/mol. The van der Waals surface area contributed by atoms with Crippen molar-refractivity contribution in [2.75, 3.05) is 12.4 Å². The van der Waals surface area contributed by atoms with Gasteiger partial charge in [0.1, 0.15) is 0 Å². The molecule has 0 aliphatic heterocycles. The van der Waals surface area contributed by atoms with Crippen LogP contribution in [0.1, 0.15) is 37.7 Å². The van der Waals surface area contributed by atoms with Gasteiger partial charge >= 0.3 is 0 Å². The molecule has 0 saturated heterocycles. The first-order valence-electron chi connectivity index (χ1n) is 6.83. The Labute approximate surface area is 115 Å². The van der Waals surface area contributed by atoms with Gasteiger partial charge in [-0.05, 0) is 44.5 Å². The predicted molar refractivity (Wildman–Crippen MR) is 77.9 cm³/mol. The summed E-state index contributed by atoms with van der Waals surface area (Å²) in [4.78, 5) is 0.318. The molecule has 2 rings (SSSR count). The topological polar surface area (TPSA) is 58.2 Å². The maximum absolute atomic E-state index is 11.8. The fraction of sp³-hybridized carbons (Fsp3) is 0.571. The van der Waals surface area contributed by atoms with E-state index in [-0.39, 0.29) is 0 Å². The minimum absolute atomic E-state index is 0.318. The lowest BCUT2D eigenvalue weighted by molar-refractivity contribution is 0.462. The number of nitrogens with one attached hydrogen (secondary N) is 2. The Bertz CT molecular complexity index is 534. The molecule has 0 radical (unpaired) electrons. The Kier molecular flexibility index (Phi) is 4.47. The third kappa shape index (κ3) is 3.48. The molecule has 2 N–H and O–H groups in total. The standard InChI is InChI=1S/C14H22N2O2S/c1-11-8-9-13(19(17,18)15-2)10-14(11)16-12-6-4-3-5-7-12/h8-10,12,15-16H,3-7H2,1-2H3. The summed E-state index contributed by atoms with van der Waals surface area (Å²) < 4.78 is 26.0. The molecular formula is C14H22N2O2S. The molecule has 0 unspecified atom stereocenters. The van der Waals surface area contributed by atoms with Crippen LogP contribution < -0.4 is 10.0 Å². The lowest BCUT2D eigenvalue weighted by Gasteiger charge is -2.25. The average molecular weight is 282 g/mol. The highest BCUT2D eigenvalue weighted by Gasteiger charge is 2.16. The highest BCUT2D eigenvalue weighted by Crippen LogP contribution is 2.25. The van der Waals surface area contributed by atoms with Crippen LogP contribution in [0.3, 0.4) is 0 Å². The molecule has 0 heterocycles. The normalized spacial score (nSPS) is 17.4. The largest absolute Gasteiger partial charge is 0.382 e. The fourth-order valence-electron chi connectivity index (χ4n) is 2.51. The first-order chi connectivity index (χ1) is 9.03. The zero-order valence-electron chi connectivity index (χ0n) is 11.6. The van der Waals surface area contributed by atoms with Crippen LogP contribution in [0.4, 0.5) is 5.69 Å². The van der Waals surface area contributed by atoms with Crippen LogP contribution in [-0.2, 0) is 10.0 Å². The minimum Gasteiger partial charge on any atom is -0.382 e. The quantitative estimate of drug-likeness (QED) is 0.892. The number of hydrogen-bond acceptors (Lipinski definition) is 3. The fourth-order valence-corrected chi connectivity index (χ4v) is 3.26. The highest BCUT2D eigenvalue weighted by atomic mass is 32.2. The van der Waals surface area contributed by atoms with Crippen molar-refractivity contribution in [2.45, 2.75) is 50.0 Å².